The molecule has 9 heteroatoms. The van der Waals surface area contributed by atoms with Crippen molar-refractivity contribution in [1.82, 2.24) is 29.6 Å². The van der Waals surface area contributed by atoms with Crippen LogP contribution in [-0.2, 0) is 6.54 Å². The number of benzene rings is 1. The Morgan fingerprint density at radius 3 is 2.67 bits per heavy atom. The van der Waals surface area contributed by atoms with Crippen LogP contribution in [-0.4, -0.2) is 42.2 Å². The lowest BCUT2D eigenvalue weighted by Crippen LogP contribution is -2.36. The van der Waals surface area contributed by atoms with Crippen LogP contribution in [0, 0.1) is 20.8 Å². The molecule has 0 radical (unpaired) electrons. The Bertz CT molecular complexity index is 1040. The highest BCUT2D eigenvalue weighted by Crippen LogP contribution is 2.32. The molecule has 8 nitrogen and oxygen atoms in total. The SMILES string of the molecule is Cc1cc(NC(=O)N2CCC[C@@H]2c2nnc(C)n2Cc2ccc(Cl)cc2)nc(C)n1. The zero-order valence-electron chi connectivity index (χ0n) is 17.3. The summed E-state index contributed by atoms with van der Waals surface area (Å²) < 4.78 is 2.07. The van der Waals surface area contributed by atoms with Crippen molar-refractivity contribution in [2.24, 2.45) is 0 Å². The molecule has 0 unspecified atom stereocenters. The lowest BCUT2D eigenvalue weighted by molar-refractivity contribution is 0.203. The zero-order valence-corrected chi connectivity index (χ0v) is 18.0. The van der Waals surface area contributed by atoms with E-state index < -0.39 is 0 Å². The van der Waals surface area contributed by atoms with E-state index in [1.807, 2.05) is 49.9 Å². The van der Waals surface area contributed by atoms with Crippen LogP contribution in [0.15, 0.2) is 30.3 Å². The molecule has 1 aliphatic rings. The van der Waals surface area contributed by atoms with Gasteiger partial charge < -0.3 is 9.47 Å². The van der Waals surface area contributed by atoms with Gasteiger partial charge in [0.1, 0.15) is 17.5 Å². The van der Waals surface area contributed by atoms with Gasteiger partial charge in [-0.25, -0.2) is 14.8 Å². The topological polar surface area (TPSA) is 88.8 Å². The molecule has 3 aromatic rings. The third-order valence-electron chi connectivity index (χ3n) is 5.23. The Kier molecular flexibility index (Phi) is 5.67. The first kappa shape index (κ1) is 20.3. The predicted octanol–water partition coefficient (Wildman–Crippen LogP) is 4.06. The molecule has 1 fully saturated rings. The van der Waals surface area contributed by atoms with E-state index in [0.29, 0.717) is 29.8 Å². The van der Waals surface area contributed by atoms with Crippen molar-refractivity contribution in [2.75, 3.05) is 11.9 Å². The van der Waals surface area contributed by atoms with Crippen LogP contribution in [0.25, 0.3) is 0 Å². The van der Waals surface area contributed by atoms with E-state index in [2.05, 4.69) is 30.0 Å². The number of aromatic nitrogens is 5. The zero-order chi connectivity index (χ0) is 21.3. The van der Waals surface area contributed by atoms with E-state index in [4.69, 9.17) is 11.6 Å². The van der Waals surface area contributed by atoms with Gasteiger partial charge in [0.2, 0.25) is 0 Å². The quantitative estimate of drug-likeness (QED) is 0.680. The lowest BCUT2D eigenvalue weighted by atomic mass is 10.2. The smallest absolute Gasteiger partial charge is 0.314 e. The van der Waals surface area contributed by atoms with Gasteiger partial charge in [0.15, 0.2) is 5.82 Å². The minimum Gasteiger partial charge on any atom is -0.314 e. The average molecular weight is 426 g/mol. The Morgan fingerprint density at radius 1 is 1.17 bits per heavy atom. The summed E-state index contributed by atoms with van der Waals surface area (Å²) in [7, 11) is 0. The van der Waals surface area contributed by atoms with Gasteiger partial charge in [0.05, 0.1) is 12.6 Å². The lowest BCUT2D eigenvalue weighted by Gasteiger charge is -2.25. The van der Waals surface area contributed by atoms with Crippen molar-refractivity contribution >= 4 is 23.4 Å². The van der Waals surface area contributed by atoms with Gasteiger partial charge in [-0.1, -0.05) is 23.7 Å². The Balaban J connectivity index is 1.56. The number of carbonyl (C=O) groups is 1. The highest BCUT2D eigenvalue weighted by molar-refractivity contribution is 6.30. The van der Waals surface area contributed by atoms with E-state index in [-0.39, 0.29) is 12.1 Å². The van der Waals surface area contributed by atoms with Crippen LogP contribution < -0.4 is 5.32 Å². The van der Waals surface area contributed by atoms with Gasteiger partial charge in [-0.2, -0.15) is 0 Å². The maximum absolute atomic E-state index is 13.0. The fraction of sp³-hybridized carbons (Fsp3) is 0.381. The monoisotopic (exact) mass is 425 g/mol. The number of nitrogens with one attached hydrogen (secondary N) is 1. The molecule has 2 aromatic heterocycles. The summed E-state index contributed by atoms with van der Waals surface area (Å²) in [6.45, 7) is 6.90. The first-order valence-corrected chi connectivity index (χ1v) is 10.3. The van der Waals surface area contributed by atoms with Crippen molar-refractivity contribution in [3.8, 4) is 0 Å². The van der Waals surface area contributed by atoms with Crippen LogP contribution in [0.3, 0.4) is 0 Å². The van der Waals surface area contributed by atoms with Crippen molar-refractivity contribution in [3.05, 3.63) is 64.1 Å². The second-order valence-corrected chi connectivity index (χ2v) is 7.98. The van der Waals surface area contributed by atoms with E-state index in [0.717, 1.165) is 35.7 Å². The summed E-state index contributed by atoms with van der Waals surface area (Å²) in [6.07, 6.45) is 1.75. The number of nitrogens with zero attached hydrogens (tertiary/aromatic N) is 6. The number of rotatable bonds is 4. The minimum atomic E-state index is -0.186. The van der Waals surface area contributed by atoms with Crippen LogP contribution >= 0.6 is 11.6 Å². The molecule has 2 amide bonds. The number of hydrogen-bond donors (Lipinski definition) is 1. The van der Waals surface area contributed by atoms with Crippen molar-refractivity contribution in [1.29, 1.82) is 0 Å². The number of likely N-dealkylation sites (tertiary alicyclic amines) is 1. The molecule has 3 heterocycles. The van der Waals surface area contributed by atoms with Gasteiger partial charge >= 0.3 is 6.03 Å². The summed E-state index contributed by atoms with van der Waals surface area (Å²) in [6, 6.07) is 9.17. The van der Waals surface area contributed by atoms with Crippen molar-refractivity contribution in [2.45, 2.75) is 46.2 Å². The number of aryl methyl sites for hydroxylation is 3. The van der Waals surface area contributed by atoms with Crippen LogP contribution in [0.5, 0.6) is 0 Å². The molecule has 30 heavy (non-hydrogen) atoms. The molecule has 1 atom stereocenters. The fourth-order valence-electron chi connectivity index (χ4n) is 3.85. The molecule has 4 rings (SSSR count). The van der Waals surface area contributed by atoms with Gasteiger partial charge in [0, 0.05) is 23.3 Å². The summed E-state index contributed by atoms with van der Waals surface area (Å²) >= 11 is 6.01. The van der Waals surface area contributed by atoms with E-state index >= 15 is 0 Å². The standard InChI is InChI=1S/C21H24ClN7O/c1-13-11-19(24-14(2)23-13)25-21(30)28-10-4-5-18(28)20-27-26-15(3)29(20)12-16-6-8-17(22)9-7-16/h6-9,11,18H,4-5,10,12H2,1-3H3,(H,23,24,25,30)/t18-/m1/s1. The number of halogens is 1. The van der Waals surface area contributed by atoms with E-state index in [9.17, 15) is 4.79 Å². The molecule has 0 aliphatic carbocycles. The second-order valence-electron chi connectivity index (χ2n) is 7.54. The van der Waals surface area contributed by atoms with E-state index in [1.54, 1.807) is 6.07 Å². The van der Waals surface area contributed by atoms with Gasteiger partial charge in [-0.05, 0) is 51.3 Å². The minimum absolute atomic E-state index is 0.137. The number of amides is 2. The number of anilines is 1. The van der Waals surface area contributed by atoms with Crippen LogP contribution in [0.2, 0.25) is 5.02 Å². The Morgan fingerprint density at radius 2 is 1.93 bits per heavy atom. The van der Waals surface area contributed by atoms with Crippen LogP contribution in [0.1, 0.15) is 47.6 Å². The second kappa shape index (κ2) is 8.39. The number of carbonyl (C=O) groups excluding carboxylic acids is 1. The van der Waals surface area contributed by atoms with Crippen molar-refractivity contribution in [3.63, 3.8) is 0 Å². The maximum atomic E-state index is 13.0. The molecule has 1 N–H and O–H groups in total. The highest BCUT2D eigenvalue weighted by atomic mass is 35.5. The molecular weight excluding hydrogens is 402 g/mol. The fourth-order valence-corrected chi connectivity index (χ4v) is 3.98. The third kappa shape index (κ3) is 4.28. The van der Waals surface area contributed by atoms with Crippen molar-refractivity contribution < 1.29 is 4.79 Å². The maximum Gasteiger partial charge on any atom is 0.323 e. The first-order chi connectivity index (χ1) is 14.4. The number of urea groups is 1. The average Bonchev–Trinajstić information content (AvgIpc) is 3.30. The molecule has 1 aromatic carbocycles. The molecule has 0 bridgehead atoms. The van der Waals surface area contributed by atoms with Crippen LogP contribution in [0.4, 0.5) is 10.6 Å². The summed E-state index contributed by atoms with van der Waals surface area (Å²) in [5.74, 6) is 2.75. The van der Waals surface area contributed by atoms with Gasteiger partial charge in [-0.3, -0.25) is 5.32 Å². The molecular formula is C21H24ClN7O. The molecule has 1 aliphatic heterocycles. The number of hydrogen-bond acceptors (Lipinski definition) is 5. The van der Waals surface area contributed by atoms with Gasteiger partial charge in [0.25, 0.3) is 0 Å². The summed E-state index contributed by atoms with van der Waals surface area (Å²) in [5.41, 5.74) is 1.92. The highest BCUT2D eigenvalue weighted by Gasteiger charge is 2.34. The van der Waals surface area contributed by atoms with E-state index in [1.165, 1.54) is 0 Å². The molecule has 156 valence electrons. The molecule has 0 spiro atoms. The Hall–Kier alpha value is -3.00. The molecule has 0 saturated carbocycles. The summed E-state index contributed by atoms with van der Waals surface area (Å²) in [5, 5.41) is 12.3. The Labute approximate surface area is 180 Å². The first-order valence-electron chi connectivity index (χ1n) is 9.95. The molecule has 1 saturated heterocycles. The van der Waals surface area contributed by atoms with Gasteiger partial charge in [-0.15, -0.1) is 10.2 Å². The predicted molar refractivity (Wildman–Crippen MR) is 115 cm³/mol. The summed E-state index contributed by atoms with van der Waals surface area (Å²) in [4.78, 5) is 23.4. The third-order valence-corrected chi connectivity index (χ3v) is 5.48. The normalized spacial score (nSPS) is 16.1. The largest absolute Gasteiger partial charge is 0.323 e.